The Morgan fingerprint density at radius 1 is 0.966 bits per heavy atom. The van der Waals surface area contributed by atoms with Crippen LogP contribution in [0.5, 0.6) is 0 Å². The number of allylic oxidation sites excluding steroid dienone is 2. The van der Waals surface area contributed by atoms with E-state index in [2.05, 4.69) is 0 Å². The van der Waals surface area contributed by atoms with E-state index in [1.165, 1.54) is 6.92 Å². The number of carbonyl (C=O) groups excluding carboxylic acids is 2. The molecule has 3 aromatic rings. The van der Waals surface area contributed by atoms with Gasteiger partial charge < -0.3 is 9.67 Å². The van der Waals surface area contributed by atoms with Crippen LogP contribution in [0.25, 0.3) is 22.3 Å². The second kappa shape index (κ2) is 6.31. The van der Waals surface area contributed by atoms with Crippen LogP contribution in [-0.4, -0.2) is 21.2 Å². The van der Waals surface area contributed by atoms with Gasteiger partial charge in [-0.3, -0.25) is 9.59 Å². The molecule has 2 aromatic carbocycles. The first-order valence-corrected chi connectivity index (χ1v) is 9.90. The maximum absolute atomic E-state index is 13.5. The SMILES string of the molecule is CC(=O)C1=C(O)C2(CCC2)n2cc(-c3ccccc3)c(-c3ccccc3)c2C1=O. The third-order valence-corrected chi connectivity index (χ3v) is 6.27. The number of carbonyl (C=O) groups is 2. The van der Waals surface area contributed by atoms with Gasteiger partial charge in [0, 0.05) is 17.3 Å². The molecule has 5 rings (SSSR count). The van der Waals surface area contributed by atoms with Gasteiger partial charge in [-0.2, -0.15) is 0 Å². The number of fused-ring (bicyclic) bond motifs is 2. The number of aliphatic hydroxyl groups is 1. The van der Waals surface area contributed by atoms with Crippen molar-refractivity contribution in [2.24, 2.45) is 0 Å². The number of nitrogens with zero attached hydrogens (tertiary/aromatic N) is 1. The van der Waals surface area contributed by atoms with Gasteiger partial charge in [-0.15, -0.1) is 0 Å². The van der Waals surface area contributed by atoms with Crippen LogP contribution < -0.4 is 0 Å². The standard InChI is InChI=1S/C25H21NO3/c1-16(27)20-23(28)22-21(18-11-6-3-7-12-18)19(17-9-4-2-5-10-17)15-26(22)25(24(20)29)13-8-14-25/h2-7,9-12,15,29H,8,13-14H2,1H3. The molecule has 1 aromatic heterocycles. The molecule has 1 fully saturated rings. The molecule has 1 spiro atoms. The van der Waals surface area contributed by atoms with Crippen molar-refractivity contribution < 1.29 is 14.7 Å². The molecule has 2 aliphatic rings. The highest BCUT2D eigenvalue weighted by atomic mass is 16.3. The van der Waals surface area contributed by atoms with E-state index >= 15 is 0 Å². The number of rotatable bonds is 3. The van der Waals surface area contributed by atoms with E-state index in [-0.39, 0.29) is 17.1 Å². The quantitative estimate of drug-likeness (QED) is 0.625. The Morgan fingerprint density at radius 2 is 1.55 bits per heavy atom. The van der Waals surface area contributed by atoms with E-state index in [0.717, 1.165) is 28.7 Å². The number of aliphatic hydroxyl groups excluding tert-OH is 1. The topological polar surface area (TPSA) is 59.3 Å². The second-order valence-electron chi connectivity index (χ2n) is 7.86. The molecule has 0 bridgehead atoms. The van der Waals surface area contributed by atoms with Crippen molar-refractivity contribution in [1.82, 2.24) is 4.57 Å². The van der Waals surface area contributed by atoms with E-state index in [4.69, 9.17) is 0 Å². The first kappa shape index (κ1) is 17.7. The van der Waals surface area contributed by atoms with E-state index in [0.29, 0.717) is 18.5 Å². The minimum Gasteiger partial charge on any atom is -0.509 e. The molecule has 4 heteroatoms. The van der Waals surface area contributed by atoms with Gasteiger partial charge in [0.15, 0.2) is 5.78 Å². The fraction of sp³-hybridized carbons (Fsp3) is 0.200. The highest BCUT2D eigenvalue weighted by Gasteiger charge is 2.51. The van der Waals surface area contributed by atoms with Crippen LogP contribution in [0, 0.1) is 0 Å². The van der Waals surface area contributed by atoms with E-state index < -0.39 is 11.3 Å². The average Bonchev–Trinajstić information content (AvgIpc) is 3.09. The van der Waals surface area contributed by atoms with Crippen molar-refractivity contribution in [1.29, 1.82) is 0 Å². The summed E-state index contributed by atoms with van der Waals surface area (Å²) >= 11 is 0. The number of benzene rings is 2. The van der Waals surface area contributed by atoms with Crippen molar-refractivity contribution in [2.45, 2.75) is 31.7 Å². The maximum Gasteiger partial charge on any atom is 0.217 e. The number of hydrogen-bond acceptors (Lipinski definition) is 3. The third kappa shape index (κ3) is 2.38. The van der Waals surface area contributed by atoms with Crippen LogP contribution in [0.1, 0.15) is 36.7 Å². The van der Waals surface area contributed by atoms with Crippen molar-refractivity contribution >= 4 is 11.6 Å². The summed E-state index contributed by atoms with van der Waals surface area (Å²) in [4.78, 5) is 25.8. The number of ketones is 2. The highest BCUT2D eigenvalue weighted by Crippen LogP contribution is 2.52. The Balaban J connectivity index is 1.87. The normalized spacial score (nSPS) is 17.2. The molecule has 4 nitrogen and oxygen atoms in total. The second-order valence-corrected chi connectivity index (χ2v) is 7.86. The molecule has 0 radical (unpaired) electrons. The van der Waals surface area contributed by atoms with Crippen LogP contribution in [0.15, 0.2) is 78.2 Å². The van der Waals surface area contributed by atoms with Crippen LogP contribution >= 0.6 is 0 Å². The van der Waals surface area contributed by atoms with Gasteiger partial charge in [0.25, 0.3) is 0 Å². The van der Waals surface area contributed by atoms with Crippen molar-refractivity contribution in [2.75, 3.05) is 0 Å². The fourth-order valence-electron chi connectivity index (χ4n) is 4.69. The van der Waals surface area contributed by atoms with Crippen LogP contribution in [-0.2, 0) is 10.3 Å². The summed E-state index contributed by atoms with van der Waals surface area (Å²) in [5, 5.41) is 11.0. The van der Waals surface area contributed by atoms with Crippen LogP contribution in [0.2, 0.25) is 0 Å². The maximum atomic E-state index is 13.5. The number of aromatic nitrogens is 1. The minimum atomic E-state index is -0.694. The predicted molar refractivity (Wildman–Crippen MR) is 112 cm³/mol. The van der Waals surface area contributed by atoms with Gasteiger partial charge in [-0.05, 0) is 37.3 Å². The lowest BCUT2D eigenvalue weighted by molar-refractivity contribution is -0.113. The molecule has 1 saturated carbocycles. The number of Topliss-reactive ketones (excluding diaryl/α,β-unsaturated/α-hetero) is 2. The molecule has 1 N–H and O–H groups in total. The molecule has 0 unspecified atom stereocenters. The molecular weight excluding hydrogens is 362 g/mol. The summed E-state index contributed by atoms with van der Waals surface area (Å²) in [6.45, 7) is 1.36. The first-order chi connectivity index (χ1) is 14.0. The molecule has 0 saturated heterocycles. The van der Waals surface area contributed by atoms with Gasteiger partial charge in [0.05, 0.1) is 5.69 Å². The molecule has 29 heavy (non-hydrogen) atoms. The molecule has 144 valence electrons. The predicted octanol–water partition coefficient (Wildman–Crippen LogP) is 5.30. The Kier molecular flexibility index (Phi) is 3.85. The van der Waals surface area contributed by atoms with E-state index in [1.807, 2.05) is 71.4 Å². The largest absolute Gasteiger partial charge is 0.509 e. The smallest absolute Gasteiger partial charge is 0.217 e. The summed E-state index contributed by atoms with van der Waals surface area (Å²) in [6.07, 6.45) is 4.36. The van der Waals surface area contributed by atoms with Crippen LogP contribution in [0.3, 0.4) is 0 Å². The number of hydrogen-bond donors (Lipinski definition) is 1. The summed E-state index contributed by atoms with van der Waals surface area (Å²) in [5.41, 5.74) is 3.42. The average molecular weight is 383 g/mol. The zero-order valence-corrected chi connectivity index (χ0v) is 16.2. The van der Waals surface area contributed by atoms with Gasteiger partial charge in [-0.25, -0.2) is 0 Å². The van der Waals surface area contributed by atoms with E-state index in [1.54, 1.807) is 0 Å². The van der Waals surface area contributed by atoms with Crippen molar-refractivity contribution in [3.8, 4) is 22.3 Å². The molecule has 1 aliphatic carbocycles. The lowest BCUT2D eigenvalue weighted by Crippen LogP contribution is -2.48. The molecule has 0 amide bonds. The molecule has 2 heterocycles. The lowest BCUT2D eigenvalue weighted by Gasteiger charge is -2.46. The summed E-state index contributed by atoms with van der Waals surface area (Å²) < 4.78 is 1.94. The lowest BCUT2D eigenvalue weighted by atomic mass is 9.70. The summed E-state index contributed by atoms with van der Waals surface area (Å²) in [7, 11) is 0. The molecule has 0 atom stereocenters. The van der Waals surface area contributed by atoms with Crippen molar-refractivity contribution in [3.63, 3.8) is 0 Å². The minimum absolute atomic E-state index is 0.0629. The Bertz CT molecular complexity index is 1170. The zero-order valence-electron chi connectivity index (χ0n) is 16.2. The Morgan fingerprint density at radius 3 is 2.07 bits per heavy atom. The van der Waals surface area contributed by atoms with E-state index in [9.17, 15) is 14.7 Å². The van der Waals surface area contributed by atoms with Gasteiger partial charge in [-0.1, -0.05) is 60.7 Å². The van der Waals surface area contributed by atoms with Gasteiger partial charge in [0.1, 0.15) is 16.9 Å². The zero-order chi connectivity index (χ0) is 20.2. The Labute approximate surface area is 169 Å². The van der Waals surface area contributed by atoms with Gasteiger partial charge in [0.2, 0.25) is 5.78 Å². The molecule has 1 aliphatic heterocycles. The monoisotopic (exact) mass is 383 g/mol. The highest BCUT2D eigenvalue weighted by molar-refractivity contribution is 6.28. The Hall–Kier alpha value is -3.40. The summed E-state index contributed by atoms with van der Waals surface area (Å²) in [5.74, 6) is -0.844. The van der Waals surface area contributed by atoms with Crippen molar-refractivity contribution in [3.05, 3.63) is 83.9 Å². The fourth-order valence-corrected chi connectivity index (χ4v) is 4.69. The van der Waals surface area contributed by atoms with Gasteiger partial charge >= 0.3 is 0 Å². The van der Waals surface area contributed by atoms with Crippen LogP contribution in [0.4, 0.5) is 0 Å². The third-order valence-electron chi connectivity index (χ3n) is 6.27. The summed E-state index contributed by atoms with van der Waals surface area (Å²) in [6, 6.07) is 19.7. The first-order valence-electron chi connectivity index (χ1n) is 9.90. The molecular formula is C25H21NO3.